The minimum absolute atomic E-state index is 0.193. The zero-order valence-corrected chi connectivity index (χ0v) is 26.2. The molecule has 3 amide bonds. The molecule has 1 aliphatic heterocycles. The fourth-order valence-corrected chi connectivity index (χ4v) is 6.66. The molecule has 1 aliphatic carbocycles. The third-order valence-corrected chi connectivity index (χ3v) is 8.97. The Morgan fingerprint density at radius 3 is 2.51 bits per heavy atom. The van der Waals surface area contributed by atoms with Gasteiger partial charge in [-0.25, -0.2) is 4.79 Å². The van der Waals surface area contributed by atoms with Crippen LogP contribution in [0.5, 0.6) is 5.75 Å². The Balaban J connectivity index is 1.36. The van der Waals surface area contributed by atoms with Crippen LogP contribution in [0.1, 0.15) is 63.0 Å². The third kappa shape index (κ3) is 7.51. The number of benzene rings is 2. The van der Waals surface area contributed by atoms with Gasteiger partial charge in [0.1, 0.15) is 11.8 Å². The van der Waals surface area contributed by atoms with Crippen molar-refractivity contribution in [3.05, 3.63) is 59.8 Å². The number of urea groups is 1. The van der Waals surface area contributed by atoms with E-state index in [0.29, 0.717) is 37.2 Å². The van der Waals surface area contributed by atoms with E-state index in [9.17, 15) is 9.59 Å². The molecular formula is C34H48N6O3. The normalized spacial score (nSPS) is 18.0. The monoisotopic (exact) mass is 588 g/mol. The van der Waals surface area contributed by atoms with Crippen molar-refractivity contribution in [2.24, 2.45) is 0 Å². The average molecular weight is 589 g/mol. The van der Waals surface area contributed by atoms with Crippen LogP contribution in [0.3, 0.4) is 0 Å². The number of nitrogens with one attached hydrogen (secondary N) is 3. The number of carbonyl (C=O) groups is 2. The lowest BCUT2D eigenvalue weighted by Gasteiger charge is -2.41. The first kappa shape index (κ1) is 30.9. The van der Waals surface area contributed by atoms with Crippen LogP contribution in [-0.2, 0) is 11.3 Å². The third-order valence-electron chi connectivity index (χ3n) is 8.97. The number of carbonyl (C=O) groups excluding carboxylic acids is 2. The predicted molar refractivity (Wildman–Crippen MR) is 173 cm³/mol. The van der Waals surface area contributed by atoms with Gasteiger partial charge in [-0.2, -0.15) is 0 Å². The Bertz CT molecular complexity index is 1370. The number of rotatable bonds is 10. The van der Waals surface area contributed by atoms with Gasteiger partial charge in [0, 0.05) is 61.8 Å². The van der Waals surface area contributed by atoms with E-state index in [0.717, 1.165) is 41.7 Å². The van der Waals surface area contributed by atoms with Gasteiger partial charge in [0.2, 0.25) is 5.91 Å². The molecule has 9 heteroatoms. The molecule has 0 spiro atoms. The van der Waals surface area contributed by atoms with Gasteiger partial charge in [0.25, 0.3) is 0 Å². The lowest BCUT2D eigenvalue weighted by atomic mass is 9.92. The van der Waals surface area contributed by atoms with Crippen LogP contribution in [0.25, 0.3) is 10.9 Å². The van der Waals surface area contributed by atoms with E-state index in [1.165, 1.54) is 32.1 Å². The van der Waals surface area contributed by atoms with E-state index in [2.05, 4.69) is 31.5 Å². The number of fused-ring (bicyclic) bond motifs is 1. The van der Waals surface area contributed by atoms with Crippen molar-refractivity contribution >= 4 is 28.5 Å². The number of ether oxygens (including phenoxy) is 1. The Kier molecular flexibility index (Phi) is 10.3. The fraction of sp³-hybridized carbons (Fsp3) is 0.529. The van der Waals surface area contributed by atoms with Crippen LogP contribution in [0.2, 0.25) is 0 Å². The first-order chi connectivity index (χ1) is 20.8. The van der Waals surface area contributed by atoms with E-state index in [1.54, 1.807) is 0 Å². The van der Waals surface area contributed by atoms with Crippen molar-refractivity contribution in [2.75, 3.05) is 52.2 Å². The van der Waals surface area contributed by atoms with Gasteiger partial charge in [-0.1, -0.05) is 50.5 Å². The van der Waals surface area contributed by atoms with Gasteiger partial charge in [-0.05, 0) is 63.2 Å². The summed E-state index contributed by atoms with van der Waals surface area (Å²) >= 11 is 0. The van der Waals surface area contributed by atoms with E-state index < -0.39 is 6.04 Å². The Morgan fingerprint density at radius 1 is 1.05 bits per heavy atom. The number of para-hydroxylation sites is 1. The number of nitrogens with zero attached hydrogens (tertiary/aromatic N) is 3. The summed E-state index contributed by atoms with van der Waals surface area (Å²) in [6, 6.07) is 13.6. The van der Waals surface area contributed by atoms with Gasteiger partial charge < -0.3 is 30.2 Å². The molecule has 2 unspecified atom stereocenters. The number of aromatic amines is 1. The lowest BCUT2D eigenvalue weighted by Crippen LogP contribution is -2.57. The first-order valence-corrected chi connectivity index (χ1v) is 15.9. The van der Waals surface area contributed by atoms with E-state index in [4.69, 9.17) is 4.74 Å². The highest BCUT2D eigenvalue weighted by atomic mass is 16.5. The lowest BCUT2D eigenvalue weighted by molar-refractivity contribution is -0.118. The summed E-state index contributed by atoms with van der Waals surface area (Å²) in [5, 5.41) is 7.32. The summed E-state index contributed by atoms with van der Waals surface area (Å²) in [4.78, 5) is 37.7. The van der Waals surface area contributed by atoms with Crippen LogP contribution < -0.4 is 15.4 Å². The minimum atomic E-state index is -0.796. The average Bonchev–Trinajstić information content (AvgIpc) is 3.45. The highest BCUT2D eigenvalue weighted by Gasteiger charge is 2.33. The van der Waals surface area contributed by atoms with Crippen LogP contribution in [-0.4, -0.2) is 90.6 Å². The molecule has 0 radical (unpaired) electrons. The van der Waals surface area contributed by atoms with Gasteiger partial charge >= 0.3 is 6.03 Å². The van der Waals surface area contributed by atoms with Crippen molar-refractivity contribution in [1.82, 2.24) is 25.0 Å². The molecule has 2 aliphatic rings. The molecule has 3 aromatic rings. The SMILES string of the molecule is CCOc1ccc(CN(C)C)cc1NC(=O)C(NC(=O)N1CCN(C2CCCCC2)CC1)C(C)c1c[nH]c2ccccc12. The Labute approximate surface area is 255 Å². The van der Waals surface area contributed by atoms with Crippen LogP contribution in [0, 0.1) is 0 Å². The summed E-state index contributed by atoms with van der Waals surface area (Å²) in [5.41, 5.74) is 3.66. The molecule has 43 heavy (non-hydrogen) atoms. The topological polar surface area (TPSA) is 92.9 Å². The van der Waals surface area contributed by atoms with Crippen molar-refractivity contribution in [3.8, 4) is 5.75 Å². The van der Waals surface area contributed by atoms with E-state index in [-0.39, 0.29) is 17.9 Å². The van der Waals surface area contributed by atoms with Crippen molar-refractivity contribution < 1.29 is 14.3 Å². The molecule has 2 heterocycles. The maximum Gasteiger partial charge on any atom is 0.318 e. The molecule has 1 saturated heterocycles. The molecule has 2 fully saturated rings. The quantitative estimate of drug-likeness (QED) is 0.295. The highest BCUT2D eigenvalue weighted by molar-refractivity contribution is 5.99. The number of amides is 3. The van der Waals surface area contributed by atoms with Gasteiger partial charge in [0.05, 0.1) is 12.3 Å². The first-order valence-electron chi connectivity index (χ1n) is 15.9. The number of piperazine rings is 1. The second-order valence-corrected chi connectivity index (χ2v) is 12.3. The van der Waals surface area contributed by atoms with Crippen molar-refractivity contribution in [3.63, 3.8) is 0 Å². The number of H-pyrrole nitrogens is 1. The van der Waals surface area contributed by atoms with Crippen molar-refractivity contribution in [2.45, 2.75) is 70.5 Å². The minimum Gasteiger partial charge on any atom is -0.492 e. The molecule has 3 N–H and O–H groups in total. The molecule has 0 bridgehead atoms. The maximum atomic E-state index is 14.1. The predicted octanol–water partition coefficient (Wildman–Crippen LogP) is 5.40. The van der Waals surface area contributed by atoms with Crippen LogP contribution in [0.15, 0.2) is 48.7 Å². The Morgan fingerprint density at radius 2 is 1.79 bits per heavy atom. The van der Waals surface area contributed by atoms with Crippen LogP contribution >= 0.6 is 0 Å². The number of hydrogen-bond donors (Lipinski definition) is 3. The summed E-state index contributed by atoms with van der Waals surface area (Å²) in [5.74, 6) is 0.0565. The standard InChI is InChI=1S/C34H48N6O3/c1-5-43-31-16-15-25(23-38(3)4)21-30(31)36-33(41)32(24(2)28-22-35-29-14-10-9-13-27(28)29)37-34(42)40-19-17-39(18-20-40)26-11-7-6-8-12-26/h9-10,13-16,21-22,24,26,32,35H,5-8,11-12,17-20,23H2,1-4H3,(H,36,41)(H,37,42). The largest absolute Gasteiger partial charge is 0.492 e. The molecule has 1 aromatic heterocycles. The molecule has 9 nitrogen and oxygen atoms in total. The van der Waals surface area contributed by atoms with Crippen molar-refractivity contribution in [1.29, 1.82) is 0 Å². The molecular weight excluding hydrogens is 540 g/mol. The molecule has 232 valence electrons. The zero-order valence-electron chi connectivity index (χ0n) is 26.2. The Hall–Kier alpha value is -3.56. The van der Waals surface area contributed by atoms with E-state index >= 15 is 0 Å². The number of aromatic nitrogens is 1. The molecule has 2 atom stereocenters. The summed E-state index contributed by atoms with van der Waals surface area (Å²) < 4.78 is 5.87. The summed E-state index contributed by atoms with van der Waals surface area (Å²) in [6.07, 6.45) is 8.41. The van der Waals surface area contributed by atoms with Gasteiger partial charge in [0.15, 0.2) is 0 Å². The number of hydrogen-bond acceptors (Lipinski definition) is 5. The van der Waals surface area contributed by atoms with Crippen LogP contribution in [0.4, 0.5) is 10.5 Å². The molecule has 2 aromatic carbocycles. The van der Waals surface area contributed by atoms with Gasteiger partial charge in [-0.3, -0.25) is 9.69 Å². The smallest absolute Gasteiger partial charge is 0.318 e. The number of anilines is 1. The second-order valence-electron chi connectivity index (χ2n) is 12.3. The maximum absolute atomic E-state index is 14.1. The van der Waals surface area contributed by atoms with E-state index in [1.807, 2.05) is 75.4 Å². The molecule has 5 rings (SSSR count). The highest BCUT2D eigenvalue weighted by Crippen LogP contribution is 2.31. The summed E-state index contributed by atoms with van der Waals surface area (Å²) in [6.45, 7) is 8.23. The molecule has 1 saturated carbocycles. The van der Waals surface area contributed by atoms with Gasteiger partial charge in [-0.15, -0.1) is 0 Å². The second kappa shape index (κ2) is 14.3. The fourth-order valence-electron chi connectivity index (χ4n) is 6.66. The zero-order chi connectivity index (χ0) is 30.3. The summed E-state index contributed by atoms with van der Waals surface area (Å²) in [7, 11) is 4.02.